The zero-order chi connectivity index (χ0) is 21.2. The minimum Gasteiger partial charge on any atom is -0.494 e. The maximum atomic E-state index is 12.7. The summed E-state index contributed by atoms with van der Waals surface area (Å²) in [6, 6.07) is 10.2. The summed E-state index contributed by atoms with van der Waals surface area (Å²) in [5.41, 5.74) is 2.09. The lowest BCUT2D eigenvalue weighted by Crippen LogP contribution is -2.04. The van der Waals surface area contributed by atoms with E-state index in [1.165, 1.54) is 23.5 Å². The molecule has 3 aromatic rings. The SMILES string of the molecule is CCOc1ccc(C(=O)Cc2sc(-c3ccc(C(F)(F)F)cc3)nc2C)cc1C. The molecule has 3 nitrogen and oxygen atoms in total. The van der Waals surface area contributed by atoms with Gasteiger partial charge in [0.2, 0.25) is 0 Å². The van der Waals surface area contributed by atoms with Crippen LogP contribution in [-0.2, 0) is 12.6 Å². The molecule has 0 unspecified atom stereocenters. The van der Waals surface area contributed by atoms with Gasteiger partial charge >= 0.3 is 6.18 Å². The fourth-order valence-corrected chi connectivity index (χ4v) is 3.97. The van der Waals surface area contributed by atoms with Crippen LogP contribution in [0.2, 0.25) is 0 Å². The molecule has 0 spiro atoms. The van der Waals surface area contributed by atoms with Gasteiger partial charge in [-0.25, -0.2) is 4.98 Å². The topological polar surface area (TPSA) is 39.2 Å². The van der Waals surface area contributed by atoms with E-state index in [2.05, 4.69) is 4.98 Å². The summed E-state index contributed by atoms with van der Waals surface area (Å²) < 4.78 is 43.7. The van der Waals surface area contributed by atoms with Crippen LogP contribution in [0.1, 0.15) is 39.0 Å². The molecular formula is C22H20F3NO2S. The molecule has 0 aliphatic heterocycles. The van der Waals surface area contributed by atoms with E-state index < -0.39 is 11.7 Å². The Hall–Kier alpha value is -2.67. The van der Waals surface area contributed by atoms with Crippen molar-refractivity contribution in [1.82, 2.24) is 4.98 Å². The Morgan fingerprint density at radius 2 is 1.79 bits per heavy atom. The molecule has 0 fully saturated rings. The largest absolute Gasteiger partial charge is 0.494 e. The van der Waals surface area contributed by atoms with Gasteiger partial charge in [0.15, 0.2) is 5.78 Å². The standard InChI is InChI=1S/C22H20F3NO2S/c1-4-28-19-10-7-16(11-13(19)2)18(27)12-20-14(3)26-21(29-20)15-5-8-17(9-6-15)22(23,24)25/h5-11H,4,12H2,1-3H3. The minimum atomic E-state index is -4.37. The van der Waals surface area contributed by atoms with Gasteiger partial charge in [-0.3, -0.25) is 4.79 Å². The fraction of sp³-hybridized carbons (Fsp3) is 0.273. The van der Waals surface area contributed by atoms with E-state index in [9.17, 15) is 18.0 Å². The first-order valence-corrected chi connectivity index (χ1v) is 9.91. The van der Waals surface area contributed by atoms with Crippen LogP contribution in [0.15, 0.2) is 42.5 Å². The predicted molar refractivity (Wildman–Crippen MR) is 108 cm³/mol. The van der Waals surface area contributed by atoms with Crippen LogP contribution in [0.5, 0.6) is 5.75 Å². The first-order valence-electron chi connectivity index (χ1n) is 9.09. The van der Waals surface area contributed by atoms with Crippen LogP contribution in [0.3, 0.4) is 0 Å². The molecule has 0 saturated heterocycles. The van der Waals surface area contributed by atoms with Crippen LogP contribution in [0.4, 0.5) is 13.2 Å². The number of carbonyl (C=O) groups excluding carboxylic acids is 1. The van der Waals surface area contributed by atoms with E-state index in [4.69, 9.17) is 4.74 Å². The van der Waals surface area contributed by atoms with Crippen molar-refractivity contribution in [1.29, 1.82) is 0 Å². The Balaban J connectivity index is 1.78. The molecule has 0 aliphatic carbocycles. The number of carbonyl (C=O) groups is 1. The number of benzene rings is 2. The average Bonchev–Trinajstić information content (AvgIpc) is 3.03. The molecule has 0 radical (unpaired) electrons. The van der Waals surface area contributed by atoms with E-state index in [-0.39, 0.29) is 12.2 Å². The third-order valence-corrected chi connectivity index (χ3v) is 5.68. The Morgan fingerprint density at radius 1 is 1.10 bits per heavy atom. The number of rotatable bonds is 6. The highest BCUT2D eigenvalue weighted by molar-refractivity contribution is 7.15. The van der Waals surface area contributed by atoms with Crippen molar-refractivity contribution < 1.29 is 22.7 Å². The van der Waals surface area contributed by atoms with Crippen LogP contribution < -0.4 is 4.74 Å². The van der Waals surface area contributed by atoms with Crippen LogP contribution >= 0.6 is 11.3 Å². The lowest BCUT2D eigenvalue weighted by Gasteiger charge is -2.08. The van der Waals surface area contributed by atoms with Crippen molar-refractivity contribution in [2.45, 2.75) is 33.4 Å². The second-order valence-corrected chi connectivity index (χ2v) is 7.70. The van der Waals surface area contributed by atoms with Crippen molar-refractivity contribution >= 4 is 17.1 Å². The average molecular weight is 419 g/mol. The molecule has 1 aromatic heterocycles. The number of thiazole rings is 1. The van der Waals surface area contributed by atoms with Gasteiger partial charge in [0.1, 0.15) is 10.8 Å². The summed E-state index contributed by atoms with van der Waals surface area (Å²) in [4.78, 5) is 17.9. The van der Waals surface area contributed by atoms with E-state index in [1.54, 1.807) is 25.1 Å². The lowest BCUT2D eigenvalue weighted by molar-refractivity contribution is -0.137. The molecule has 0 amide bonds. The number of nitrogens with zero attached hydrogens (tertiary/aromatic N) is 1. The summed E-state index contributed by atoms with van der Waals surface area (Å²) in [5, 5.41) is 0.599. The van der Waals surface area contributed by atoms with Gasteiger partial charge in [0.25, 0.3) is 0 Å². The number of ether oxygens (including phenoxy) is 1. The number of Topliss-reactive ketones (excluding diaryl/α,β-unsaturated/α-hetero) is 1. The first-order chi connectivity index (χ1) is 13.7. The van der Waals surface area contributed by atoms with Crippen molar-refractivity contribution in [3.8, 4) is 16.3 Å². The normalized spacial score (nSPS) is 11.5. The first kappa shape index (κ1) is 21.0. The number of ketones is 1. The Bertz CT molecular complexity index is 1020. The Morgan fingerprint density at radius 3 is 2.38 bits per heavy atom. The third-order valence-electron chi connectivity index (χ3n) is 4.47. The van der Waals surface area contributed by atoms with Crippen molar-refractivity contribution in [2.75, 3.05) is 6.61 Å². The Kier molecular flexibility index (Phi) is 6.07. The zero-order valence-corrected chi connectivity index (χ0v) is 17.1. The van der Waals surface area contributed by atoms with E-state index in [0.29, 0.717) is 28.4 Å². The number of aromatic nitrogens is 1. The molecule has 3 rings (SSSR count). The summed E-state index contributed by atoms with van der Waals surface area (Å²) in [6.45, 7) is 6.15. The Labute approximate surface area is 171 Å². The predicted octanol–water partition coefficient (Wildman–Crippen LogP) is 6.27. The molecule has 0 atom stereocenters. The molecule has 152 valence electrons. The second-order valence-electron chi connectivity index (χ2n) is 6.62. The molecule has 7 heteroatoms. The highest BCUT2D eigenvalue weighted by Crippen LogP contribution is 2.33. The maximum Gasteiger partial charge on any atom is 0.416 e. The minimum absolute atomic E-state index is 0.0399. The highest BCUT2D eigenvalue weighted by Gasteiger charge is 2.30. The van der Waals surface area contributed by atoms with Gasteiger partial charge in [-0.2, -0.15) is 13.2 Å². The molecule has 1 heterocycles. The monoisotopic (exact) mass is 419 g/mol. The number of hydrogen-bond donors (Lipinski definition) is 0. The summed E-state index contributed by atoms with van der Waals surface area (Å²) in [6.07, 6.45) is -4.18. The molecule has 0 saturated carbocycles. The summed E-state index contributed by atoms with van der Waals surface area (Å²) >= 11 is 1.33. The zero-order valence-electron chi connectivity index (χ0n) is 16.3. The third kappa shape index (κ3) is 4.85. The van der Waals surface area contributed by atoms with E-state index in [1.807, 2.05) is 13.8 Å². The molecular weight excluding hydrogens is 399 g/mol. The van der Waals surface area contributed by atoms with Gasteiger partial charge in [0.05, 0.1) is 17.9 Å². The van der Waals surface area contributed by atoms with Crippen LogP contribution in [-0.4, -0.2) is 17.4 Å². The van der Waals surface area contributed by atoms with E-state index in [0.717, 1.165) is 28.3 Å². The van der Waals surface area contributed by atoms with E-state index >= 15 is 0 Å². The second kappa shape index (κ2) is 8.37. The van der Waals surface area contributed by atoms with Crippen molar-refractivity contribution in [2.24, 2.45) is 0 Å². The van der Waals surface area contributed by atoms with Gasteiger partial charge in [-0.05, 0) is 56.7 Å². The van der Waals surface area contributed by atoms with Crippen LogP contribution in [0, 0.1) is 13.8 Å². The molecule has 2 aromatic carbocycles. The number of hydrogen-bond acceptors (Lipinski definition) is 4. The molecule has 0 aliphatic rings. The smallest absolute Gasteiger partial charge is 0.416 e. The molecule has 0 bridgehead atoms. The molecule has 0 N–H and O–H groups in total. The number of alkyl halides is 3. The van der Waals surface area contributed by atoms with Crippen LogP contribution in [0.25, 0.3) is 10.6 Å². The van der Waals surface area contributed by atoms with Gasteiger partial charge in [-0.15, -0.1) is 11.3 Å². The van der Waals surface area contributed by atoms with Gasteiger partial charge < -0.3 is 4.74 Å². The van der Waals surface area contributed by atoms with Gasteiger partial charge in [-0.1, -0.05) is 12.1 Å². The summed E-state index contributed by atoms with van der Waals surface area (Å²) in [7, 11) is 0. The number of aryl methyl sites for hydroxylation is 2. The molecule has 29 heavy (non-hydrogen) atoms. The van der Waals surface area contributed by atoms with Crippen molar-refractivity contribution in [3.05, 3.63) is 69.7 Å². The fourth-order valence-electron chi connectivity index (χ4n) is 2.91. The quantitative estimate of drug-likeness (QED) is 0.442. The summed E-state index contributed by atoms with van der Waals surface area (Å²) in [5.74, 6) is 0.712. The maximum absolute atomic E-state index is 12.7. The van der Waals surface area contributed by atoms with Gasteiger partial charge in [0, 0.05) is 22.4 Å². The number of halogens is 3. The lowest BCUT2D eigenvalue weighted by atomic mass is 10.0. The van der Waals surface area contributed by atoms with Crippen molar-refractivity contribution in [3.63, 3.8) is 0 Å². The highest BCUT2D eigenvalue weighted by atomic mass is 32.1.